The van der Waals surface area contributed by atoms with Crippen LogP contribution in [0.5, 0.6) is 0 Å². The Morgan fingerprint density at radius 3 is 2.80 bits per heavy atom. The zero-order chi connectivity index (χ0) is 7.56. The number of hydrogen-bond donors (Lipinski definition) is 0. The summed E-state index contributed by atoms with van der Waals surface area (Å²) >= 11 is 4.09. The van der Waals surface area contributed by atoms with E-state index in [0.29, 0.717) is 0 Å². The number of nitrogens with zero attached hydrogens (tertiary/aromatic N) is 1. The number of rotatable bonds is 1. The summed E-state index contributed by atoms with van der Waals surface area (Å²) in [5.41, 5.74) is 0. The summed E-state index contributed by atoms with van der Waals surface area (Å²) in [7, 11) is 4.52. The van der Waals surface area contributed by atoms with Crippen LogP contribution >= 0.6 is 23.5 Å². The summed E-state index contributed by atoms with van der Waals surface area (Å²) in [6.07, 6.45) is 2.20. The Hall–Kier alpha value is 0.725. The summed E-state index contributed by atoms with van der Waals surface area (Å²) in [6.45, 7) is 2.50. The quantitative estimate of drug-likeness (QED) is 0.528. The molecule has 0 radical (unpaired) electrons. The van der Waals surface area contributed by atoms with Crippen molar-refractivity contribution < 1.29 is 0 Å². The highest BCUT2D eigenvalue weighted by Crippen LogP contribution is 2.29. The van der Waals surface area contributed by atoms with Gasteiger partial charge in [0.1, 0.15) is 7.85 Å². The molecule has 2 atom stereocenters. The molecule has 1 aliphatic rings. The minimum atomic E-state index is 0.800. The van der Waals surface area contributed by atoms with Gasteiger partial charge in [-0.2, -0.15) is 11.8 Å². The maximum atomic E-state index is 2.42. The maximum Gasteiger partial charge on any atom is 0.120 e. The lowest BCUT2D eigenvalue weighted by Gasteiger charge is -2.32. The van der Waals surface area contributed by atoms with Crippen LogP contribution in [0.2, 0.25) is 0 Å². The molecule has 58 valence electrons. The lowest BCUT2D eigenvalue weighted by Crippen LogP contribution is -2.38. The van der Waals surface area contributed by atoms with E-state index in [1.165, 1.54) is 13.1 Å². The van der Waals surface area contributed by atoms with Crippen LogP contribution in [0.15, 0.2) is 0 Å². The molecule has 1 heterocycles. The largest absolute Gasteiger partial charge is 0.304 e. The van der Waals surface area contributed by atoms with Gasteiger partial charge in [-0.1, -0.05) is 0 Å². The van der Waals surface area contributed by atoms with Gasteiger partial charge in [0.25, 0.3) is 0 Å². The van der Waals surface area contributed by atoms with Gasteiger partial charge in [0.15, 0.2) is 0 Å². The molecule has 0 amide bonds. The molecule has 1 nitrogen and oxygen atoms in total. The molecule has 0 aromatic heterocycles. The van der Waals surface area contributed by atoms with E-state index in [-0.39, 0.29) is 0 Å². The van der Waals surface area contributed by atoms with E-state index in [1.54, 1.807) is 0 Å². The molecule has 1 aliphatic heterocycles. The zero-order valence-electron chi connectivity index (χ0n) is 6.83. The van der Waals surface area contributed by atoms with Crippen LogP contribution in [0.3, 0.4) is 0 Å². The van der Waals surface area contributed by atoms with Crippen molar-refractivity contribution in [2.24, 2.45) is 0 Å². The molecule has 2 unspecified atom stereocenters. The first kappa shape index (κ1) is 8.82. The second kappa shape index (κ2) is 3.93. The fourth-order valence-electron chi connectivity index (χ4n) is 1.24. The van der Waals surface area contributed by atoms with Gasteiger partial charge in [0, 0.05) is 13.1 Å². The van der Waals surface area contributed by atoms with Crippen LogP contribution < -0.4 is 0 Å². The minimum Gasteiger partial charge on any atom is -0.304 e. The van der Waals surface area contributed by atoms with E-state index in [4.69, 9.17) is 0 Å². The van der Waals surface area contributed by atoms with E-state index in [9.17, 15) is 0 Å². The van der Waals surface area contributed by atoms with Crippen LogP contribution in [0.1, 0.15) is 0 Å². The van der Waals surface area contributed by atoms with Crippen molar-refractivity contribution in [2.45, 2.75) is 9.73 Å². The Morgan fingerprint density at radius 1 is 1.60 bits per heavy atom. The van der Waals surface area contributed by atoms with Crippen molar-refractivity contribution in [3.8, 4) is 0 Å². The average molecular weight is 175 g/mol. The highest BCUT2D eigenvalue weighted by atomic mass is 32.2. The van der Waals surface area contributed by atoms with Gasteiger partial charge in [0.05, 0.1) is 4.58 Å². The third-order valence-corrected chi connectivity index (χ3v) is 4.33. The topological polar surface area (TPSA) is 3.24 Å². The van der Waals surface area contributed by atoms with E-state index >= 15 is 0 Å². The van der Waals surface area contributed by atoms with Crippen molar-refractivity contribution in [3.05, 3.63) is 0 Å². The predicted octanol–water partition coefficient (Wildman–Crippen LogP) is 0.313. The van der Waals surface area contributed by atoms with Crippen molar-refractivity contribution in [1.29, 1.82) is 0 Å². The van der Waals surface area contributed by atoms with Crippen molar-refractivity contribution >= 4 is 31.4 Å². The molecular formula is C6H14BNS2. The van der Waals surface area contributed by atoms with Crippen LogP contribution in [0.4, 0.5) is 0 Å². The molecular weight excluding hydrogens is 161 g/mol. The van der Waals surface area contributed by atoms with E-state index in [1.807, 2.05) is 11.8 Å². The van der Waals surface area contributed by atoms with E-state index in [2.05, 4.69) is 37.8 Å². The molecule has 0 bridgehead atoms. The molecule has 1 saturated heterocycles. The van der Waals surface area contributed by atoms with Crippen LogP contribution in [0.25, 0.3) is 0 Å². The maximum absolute atomic E-state index is 2.42. The van der Waals surface area contributed by atoms with Crippen molar-refractivity contribution in [2.75, 3.05) is 26.4 Å². The zero-order valence-corrected chi connectivity index (χ0v) is 8.47. The van der Waals surface area contributed by atoms with Gasteiger partial charge >= 0.3 is 0 Å². The summed E-state index contributed by atoms with van der Waals surface area (Å²) in [5.74, 6) is 0. The smallest absolute Gasteiger partial charge is 0.120 e. The minimum absolute atomic E-state index is 0.800. The number of thioether (sulfide) groups is 2. The summed E-state index contributed by atoms with van der Waals surface area (Å²) < 4.78 is 0.800. The molecule has 1 fully saturated rings. The molecule has 0 aliphatic carbocycles. The molecule has 10 heavy (non-hydrogen) atoms. The van der Waals surface area contributed by atoms with Gasteiger partial charge in [-0.25, -0.2) is 0 Å². The lowest BCUT2D eigenvalue weighted by atomic mass is 10.0. The second-order valence-corrected chi connectivity index (χ2v) is 5.82. The first-order valence-corrected chi connectivity index (χ1v) is 5.82. The van der Waals surface area contributed by atoms with Crippen molar-refractivity contribution in [1.82, 2.24) is 4.90 Å². The summed E-state index contributed by atoms with van der Waals surface area (Å²) in [6, 6.07) is 0. The van der Waals surface area contributed by atoms with Crippen molar-refractivity contribution in [3.63, 3.8) is 0 Å². The highest BCUT2D eigenvalue weighted by Gasteiger charge is 2.21. The summed E-state index contributed by atoms with van der Waals surface area (Å²) in [5, 5.41) is 0.816. The van der Waals surface area contributed by atoms with Gasteiger partial charge in [-0.15, -0.1) is 11.8 Å². The normalized spacial score (nSPS) is 36.2. The second-order valence-electron chi connectivity index (χ2n) is 2.83. The highest BCUT2D eigenvalue weighted by molar-refractivity contribution is 8.17. The first-order chi connectivity index (χ1) is 4.72. The Balaban J connectivity index is 2.35. The Kier molecular flexibility index (Phi) is 3.47. The van der Waals surface area contributed by atoms with Gasteiger partial charge < -0.3 is 4.90 Å². The van der Waals surface area contributed by atoms with E-state index < -0.39 is 0 Å². The SMILES string of the molecule is BC1CN(C)CC(SC)S1. The van der Waals surface area contributed by atoms with Gasteiger partial charge in [0.2, 0.25) is 0 Å². The fraction of sp³-hybridized carbons (Fsp3) is 1.00. The Labute approximate surface area is 72.7 Å². The van der Waals surface area contributed by atoms with Gasteiger partial charge in [-0.05, 0) is 18.5 Å². The van der Waals surface area contributed by atoms with Crippen LogP contribution in [-0.2, 0) is 0 Å². The first-order valence-electron chi connectivity index (χ1n) is 3.59. The molecule has 0 spiro atoms. The standard InChI is InChI=1S/C6H14BNS2/c1-8-3-5(7)10-6(4-8)9-2/h5-6H,3-4,7H2,1-2H3. The Morgan fingerprint density at radius 2 is 2.30 bits per heavy atom. The monoisotopic (exact) mass is 175 g/mol. The van der Waals surface area contributed by atoms with Gasteiger partial charge in [-0.3, -0.25) is 0 Å². The molecule has 4 heteroatoms. The molecule has 1 rings (SSSR count). The summed E-state index contributed by atoms with van der Waals surface area (Å²) in [4.78, 5) is 2.42. The van der Waals surface area contributed by atoms with Crippen LogP contribution in [-0.4, -0.2) is 48.9 Å². The Bertz CT molecular complexity index is 102. The molecule has 0 N–H and O–H groups in total. The molecule has 0 aromatic carbocycles. The molecule has 0 aromatic rings. The fourth-order valence-corrected chi connectivity index (χ4v) is 3.86. The average Bonchev–Trinajstić information content (AvgIpc) is 1.85. The molecule has 0 saturated carbocycles. The van der Waals surface area contributed by atoms with Crippen LogP contribution in [0, 0.1) is 0 Å². The lowest BCUT2D eigenvalue weighted by molar-refractivity contribution is 0.358. The number of hydrogen-bond acceptors (Lipinski definition) is 3. The predicted molar refractivity (Wildman–Crippen MR) is 54.7 cm³/mol. The van der Waals surface area contributed by atoms with E-state index in [0.717, 1.165) is 9.73 Å². The third-order valence-electron chi connectivity index (χ3n) is 1.68. The third kappa shape index (κ3) is 2.40.